The van der Waals surface area contributed by atoms with Gasteiger partial charge in [-0.2, -0.15) is 0 Å². The molecule has 0 saturated heterocycles. The Kier molecular flexibility index (Phi) is 2.28. The first-order valence-electron chi connectivity index (χ1n) is 5.92. The van der Waals surface area contributed by atoms with Crippen LogP contribution >= 0.6 is 0 Å². The van der Waals surface area contributed by atoms with E-state index in [0.29, 0.717) is 6.04 Å². The highest BCUT2D eigenvalue weighted by Crippen LogP contribution is 2.30. The van der Waals surface area contributed by atoms with Crippen LogP contribution in [0.15, 0.2) is 36.5 Å². The van der Waals surface area contributed by atoms with E-state index in [1.165, 1.54) is 23.9 Å². The van der Waals surface area contributed by atoms with Gasteiger partial charge >= 0.3 is 0 Å². The van der Waals surface area contributed by atoms with Crippen molar-refractivity contribution in [1.29, 1.82) is 0 Å². The number of fused-ring (bicyclic) bond motifs is 1. The summed E-state index contributed by atoms with van der Waals surface area (Å²) in [5.74, 6) is 0.889. The maximum Gasteiger partial charge on any atom is 0.0703 e. The summed E-state index contributed by atoms with van der Waals surface area (Å²) in [6, 6.07) is 11.2. The van der Waals surface area contributed by atoms with Crippen molar-refractivity contribution in [2.24, 2.45) is 5.92 Å². The third kappa shape index (κ3) is 1.75. The lowest BCUT2D eigenvalue weighted by Gasteiger charge is -2.34. The van der Waals surface area contributed by atoms with Gasteiger partial charge in [-0.15, -0.1) is 0 Å². The van der Waals surface area contributed by atoms with Crippen LogP contribution in [-0.4, -0.2) is 11.0 Å². The predicted octanol–water partition coefficient (Wildman–Crippen LogP) is 3.45. The van der Waals surface area contributed by atoms with Crippen LogP contribution in [0, 0.1) is 5.92 Å². The summed E-state index contributed by atoms with van der Waals surface area (Å²) in [4.78, 5) is 4.32. The van der Waals surface area contributed by atoms with Gasteiger partial charge < -0.3 is 5.32 Å². The Bertz CT molecular complexity index is 501. The monoisotopic (exact) mass is 212 g/mol. The number of pyridine rings is 1. The highest BCUT2D eigenvalue weighted by atomic mass is 14.9. The van der Waals surface area contributed by atoms with Crippen LogP contribution < -0.4 is 5.32 Å². The summed E-state index contributed by atoms with van der Waals surface area (Å²) in [5.41, 5.74) is 2.28. The molecule has 0 bridgehead atoms. The third-order valence-electron chi connectivity index (χ3n) is 3.35. The van der Waals surface area contributed by atoms with Crippen molar-refractivity contribution < 1.29 is 0 Å². The first-order chi connectivity index (χ1) is 7.81. The normalized spacial score (nSPS) is 24.1. The van der Waals surface area contributed by atoms with Crippen molar-refractivity contribution in [2.75, 3.05) is 5.32 Å². The molecule has 82 valence electrons. The van der Waals surface area contributed by atoms with Gasteiger partial charge in [-0.05, 0) is 43.0 Å². The average molecular weight is 212 g/mol. The van der Waals surface area contributed by atoms with Crippen molar-refractivity contribution in [3.63, 3.8) is 0 Å². The smallest absolute Gasteiger partial charge is 0.0703 e. The molecule has 0 radical (unpaired) electrons. The van der Waals surface area contributed by atoms with Crippen LogP contribution in [0.5, 0.6) is 0 Å². The number of hydrogen-bond donors (Lipinski definition) is 1. The van der Waals surface area contributed by atoms with Crippen LogP contribution in [0.1, 0.15) is 19.8 Å². The SMILES string of the molecule is CC1CC(Nc2ccc3ncccc3c2)C1. The number of nitrogens with zero attached hydrogens (tertiary/aromatic N) is 1. The lowest BCUT2D eigenvalue weighted by atomic mass is 9.82. The number of rotatable bonds is 2. The number of anilines is 1. The second-order valence-corrected chi connectivity index (χ2v) is 4.83. The maximum atomic E-state index is 4.32. The summed E-state index contributed by atoms with van der Waals surface area (Å²) < 4.78 is 0. The summed E-state index contributed by atoms with van der Waals surface area (Å²) in [5, 5.41) is 4.78. The van der Waals surface area contributed by atoms with Gasteiger partial charge in [-0.1, -0.05) is 13.0 Å². The molecule has 0 amide bonds. The number of hydrogen-bond acceptors (Lipinski definition) is 2. The van der Waals surface area contributed by atoms with E-state index in [1.54, 1.807) is 0 Å². The van der Waals surface area contributed by atoms with Crippen molar-refractivity contribution in [1.82, 2.24) is 4.98 Å². The van der Waals surface area contributed by atoms with E-state index in [1.807, 2.05) is 12.3 Å². The molecule has 2 nitrogen and oxygen atoms in total. The molecule has 1 saturated carbocycles. The zero-order valence-corrected chi connectivity index (χ0v) is 9.48. The highest BCUT2D eigenvalue weighted by molar-refractivity contribution is 5.82. The van der Waals surface area contributed by atoms with Gasteiger partial charge in [0.25, 0.3) is 0 Å². The Morgan fingerprint density at radius 3 is 2.94 bits per heavy atom. The van der Waals surface area contributed by atoms with Gasteiger partial charge in [-0.25, -0.2) is 0 Å². The van der Waals surface area contributed by atoms with Crippen molar-refractivity contribution in [3.8, 4) is 0 Å². The van der Waals surface area contributed by atoms with Crippen LogP contribution in [0.3, 0.4) is 0 Å². The zero-order valence-electron chi connectivity index (χ0n) is 9.48. The first-order valence-corrected chi connectivity index (χ1v) is 5.92. The number of nitrogens with one attached hydrogen (secondary N) is 1. The Labute approximate surface area is 95.7 Å². The molecule has 1 fully saturated rings. The van der Waals surface area contributed by atoms with Crippen molar-refractivity contribution in [2.45, 2.75) is 25.8 Å². The number of aromatic nitrogens is 1. The van der Waals surface area contributed by atoms with Gasteiger partial charge in [-0.3, -0.25) is 4.98 Å². The number of benzene rings is 1. The largest absolute Gasteiger partial charge is 0.382 e. The topological polar surface area (TPSA) is 24.9 Å². The third-order valence-corrected chi connectivity index (χ3v) is 3.35. The van der Waals surface area contributed by atoms with Crippen LogP contribution in [0.2, 0.25) is 0 Å². The van der Waals surface area contributed by atoms with Gasteiger partial charge in [0.1, 0.15) is 0 Å². The Balaban J connectivity index is 1.82. The van der Waals surface area contributed by atoms with Gasteiger partial charge in [0.15, 0.2) is 0 Å². The lowest BCUT2D eigenvalue weighted by molar-refractivity contribution is 0.309. The Hall–Kier alpha value is -1.57. The molecule has 3 rings (SSSR count). The zero-order chi connectivity index (χ0) is 11.0. The fraction of sp³-hybridized carbons (Fsp3) is 0.357. The molecule has 16 heavy (non-hydrogen) atoms. The summed E-state index contributed by atoms with van der Waals surface area (Å²) in [6.45, 7) is 2.31. The van der Waals surface area contributed by atoms with E-state index in [-0.39, 0.29) is 0 Å². The molecule has 1 heterocycles. The molecule has 1 aromatic carbocycles. The van der Waals surface area contributed by atoms with Crippen LogP contribution in [0.4, 0.5) is 5.69 Å². The summed E-state index contributed by atoms with van der Waals surface area (Å²) in [7, 11) is 0. The van der Waals surface area contributed by atoms with Gasteiger partial charge in [0, 0.05) is 23.3 Å². The molecule has 1 N–H and O–H groups in total. The standard InChI is InChI=1S/C14H16N2/c1-10-7-13(8-10)16-12-4-5-14-11(9-12)3-2-6-15-14/h2-6,9-10,13,16H,7-8H2,1H3. The molecule has 0 unspecified atom stereocenters. The van der Waals surface area contributed by atoms with Crippen molar-refractivity contribution in [3.05, 3.63) is 36.5 Å². The summed E-state index contributed by atoms with van der Waals surface area (Å²) >= 11 is 0. The molecule has 0 aliphatic heterocycles. The lowest BCUT2D eigenvalue weighted by Crippen LogP contribution is -2.33. The molecular weight excluding hydrogens is 196 g/mol. The molecule has 1 aliphatic carbocycles. The fourth-order valence-corrected chi connectivity index (χ4v) is 2.42. The van der Waals surface area contributed by atoms with E-state index < -0.39 is 0 Å². The van der Waals surface area contributed by atoms with E-state index in [4.69, 9.17) is 0 Å². The van der Waals surface area contributed by atoms with Gasteiger partial charge in [0.2, 0.25) is 0 Å². The average Bonchev–Trinajstić information content (AvgIpc) is 2.27. The van der Waals surface area contributed by atoms with Crippen LogP contribution in [-0.2, 0) is 0 Å². The quantitative estimate of drug-likeness (QED) is 0.824. The second kappa shape index (κ2) is 3.78. The molecule has 1 aromatic heterocycles. The van der Waals surface area contributed by atoms with E-state index >= 15 is 0 Å². The molecule has 2 aromatic rings. The van der Waals surface area contributed by atoms with E-state index in [0.717, 1.165) is 11.4 Å². The molecule has 2 heteroatoms. The highest BCUT2D eigenvalue weighted by Gasteiger charge is 2.24. The molecular formula is C14H16N2. The Morgan fingerprint density at radius 1 is 1.25 bits per heavy atom. The minimum Gasteiger partial charge on any atom is -0.382 e. The maximum absolute atomic E-state index is 4.32. The van der Waals surface area contributed by atoms with Crippen molar-refractivity contribution >= 4 is 16.6 Å². The van der Waals surface area contributed by atoms with Gasteiger partial charge in [0.05, 0.1) is 5.52 Å². The van der Waals surface area contributed by atoms with Crippen LogP contribution in [0.25, 0.3) is 10.9 Å². The van der Waals surface area contributed by atoms with E-state index in [9.17, 15) is 0 Å². The molecule has 0 atom stereocenters. The Morgan fingerprint density at radius 2 is 2.12 bits per heavy atom. The first kappa shape index (κ1) is 9.64. The minimum absolute atomic E-state index is 0.670. The minimum atomic E-state index is 0.670. The summed E-state index contributed by atoms with van der Waals surface area (Å²) in [6.07, 6.45) is 4.43. The fourth-order valence-electron chi connectivity index (χ4n) is 2.42. The molecule has 1 aliphatic rings. The van der Waals surface area contributed by atoms with E-state index in [2.05, 4.69) is 41.5 Å². The predicted molar refractivity (Wildman–Crippen MR) is 67.6 cm³/mol. The molecule has 0 spiro atoms. The second-order valence-electron chi connectivity index (χ2n) is 4.83.